The number of halogens is 6. The van der Waals surface area contributed by atoms with Gasteiger partial charge in [-0.1, -0.05) is 40.0 Å². The SMILES string of the molecule is CCCC[P+](CC)(CCCC)CCCC.F[P-](F)(F)(F)(F)F. The van der Waals surface area contributed by atoms with E-state index in [-0.39, 0.29) is 0 Å². The van der Waals surface area contributed by atoms with Crippen LogP contribution in [-0.2, 0) is 0 Å². The van der Waals surface area contributed by atoms with E-state index < -0.39 is 15.1 Å². The maximum atomic E-state index is 9.87. The van der Waals surface area contributed by atoms with Crippen molar-refractivity contribution in [2.45, 2.75) is 66.2 Å². The summed E-state index contributed by atoms with van der Waals surface area (Å²) in [5, 5.41) is 0. The van der Waals surface area contributed by atoms with Crippen molar-refractivity contribution in [2.75, 3.05) is 24.6 Å². The van der Waals surface area contributed by atoms with Gasteiger partial charge in [0.1, 0.15) is 0 Å². The van der Waals surface area contributed by atoms with Crippen molar-refractivity contribution in [3.05, 3.63) is 0 Å². The van der Waals surface area contributed by atoms with Crippen LogP contribution in [0.5, 0.6) is 0 Å². The summed E-state index contributed by atoms with van der Waals surface area (Å²) in [5.41, 5.74) is 0. The van der Waals surface area contributed by atoms with Crippen LogP contribution in [-0.4, -0.2) is 24.6 Å². The monoisotopic (exact) mass is 376 g/mol. The summed E-state index contributed by atoms with van der Waals surface area (Å²) in [4.78, 5) is 0. The van der Waals surface area contributed by atoms with Gasteiger partial charge in [0.25, 0.3) is 0 Å². The molecular weight excluding hydrogens is 344 g/mol. The normalized spacial score (nSPS) is 15.5. The molecule has 0 aromatic heterocycles. The first kappa shape index (κ1) is 24.7. The van der Waals surface area contributed by atoms with Crippen LogP contribution in [0.1, 0.15) is 66.2 Å². The molecule has 140 valence electrons. The molecule has 0 amide bonds. The molecule has 0 atom stereocenters. The van der Waals surface area contributed by atoms with Gasteiger partial charge in [-0.15, -0.1) is 0 Å². The van der Waals surface area contributed by atoms with Crippen molar-refractivity contribution in [1.29, 1.82) is 0 Å². The minimum absolute atomic E-state index is 0.527. The summed E-state index contributed by atoms with van der Waals surface area (Å²) in [7, 11) is -11.2. The molecule has 8 heteroatoms. The molecule has 0 fully saturated rings. The van der Waals surface area contributed by atoms with E-state index in [4.69, 9.17) is 0 Å². The second-order valence-electron chi connectivity index (χ2n) is 5.85. The van der Waals surface area contributed by atoms with Crippen LogP contribution in [0.3, 0.4) is 0 Å². The fraction of sp³-hybridized carbons (Fsp3) is 1.00. The van der Waals surface area contributed by atoms with Gasteiger partial charge in [-0.2, -0.15) is 0 Å². The molecule has 0 rings (SSSR count). The molecule has 0 aromatic carbocycles. The van der Waals surface area contributed by atoms with Crippen LogP contribution in [0.25, 0.3) is 0 Å². The summed E-state index contributed by atoms with van der Waals surface area (Å²) >= 11 is 0. The summed E-state index contributed by atoms with van der Waals surface area (Å²) in [6.07, 6.45) is 14.9. The zero-order chi connectivity index (χ0) is 18.0. The van der Waals surface area contributed by atoms with Crippen LogP contribution in [0.2, 0.25) is 0 Å². The molecule has 0 aromatic rings. The first-order valence-electron chi connectivity index (χ1n) is 8.11. The van der Waals surface area contributed by atoms with Gasteiger partial charge in [0.05, 0.1) is 24.6 Å². The summed E-state index contributed by atoms with van der Waals surface area (Å²) in [6.45, 7) is 9.46. The predicted octanol–water partition coefficient (Wildman–Crippen LogP) is 8.81. The summed E-state index contributed by atoms with van der Waals surface area (Å²) < 4.78 is 59.2. The number of rotatable bonds is 10. The second-order valence-corrected chi connectivity index (χ2v) is 12.4. The molecule has 0 N–H and O–H groups in total. The molecule has 0 aliphatic rings. The Balaban J connectivity index is 0. The Morgan fingerprint density at radius 3 is 0.955 bits per heavy atom. The Hall–Kier alpha value is 0.440. The van der Waals surface area contributed by atoms with Gasteiger partial charge in [-0.3, -0.25) is 0 Å². The molecule has 0 saturated heterocycles. The van der Waals surface area contributed by atoms with Crippen LogP contribution in [0, 0.1) is 0 Å². The number of hydrogen-bond donors (Lipinski definition) is 0. The van der Waals surface area contributed by atoms with Gasteiger partial charge in [0, 0.05) is 7.26 Å². The van der Waals surface area contributed by atoms with E-state index in [1.165, 1.54) is 44.7 Å². The van der Waals surface area contributed by atoms with Gasteiger partial charge in [-0.05, 0) is 26.2 Å². The van der Waals surface area contributed by atoms with E-state index in [9.17, 15) is 25.2 Å². The van der Waals surface area contributed by atoms with Crippen molar-refractivity contribution < 1.29 is 25.2 Å². The van der Waals surface area contributed by atoms with E-state index in [1.807, 2.05) is 0 Å². The van der Waals surface area contributed by atoms with Crippen LogP contribution in [0.15, 0.2) is 0 Å². The standard InChI is InChI=1S/C14H32P.F6P/c1-5-9-12-15(8-4,13-10-6-2)14-11-7-3;1-7(2,3,4,5)6/h5-14H2,1-4H3;/q+1;-1. The molecule has 0 unspecified atom stereocenters. The van der Waals surface area contributed by atoms with Crippen LogP contribution < -0.4 is 0 Å². The van der Waals surface area contributed by atoms with Crippen molar-refractivity contribution >= 4 is 15.1 Å². The Labute approximate surface area is 132 Å². The van der Waals surface area contributed by atoms with Crippen molar-refractivity contribution in [2.24, 2.45) is 0 Å². The third kappa shape index (κ3) is 22.7. The minimum atomic E-state index is -10.7. The molecule has 0 saturated carbocycles. The third-order valence-corrected chi connectivity index (χ3v) is 8.77. The van der Waals surface area contributed by atoms with Crippen LogP contribution >= 0.6 is 15.1 Å². The quantitative estimate of drug-likeness (QED) is 0.264. The Bertz CT molecular complexity index is 252. The maximum absolute atomic E-state index is 10.7. The van der Waals surface area contributed by atoms with E-state index in [2.05, 4.69) is 27.7 Å². The Morgan fingerprint density at radius 1 is 0.591 bits per heavy atom. The first-order chi connectivity index (χ1) is 9.69. The zero-order valence-electron chi connectivity index (χ0n) is 14.2. The van der Waals surface area contributed by atoms with Gasteiger partial charge in [0.2, 0.25) is 0 Å². The third-order valence-electron chi connectivity index (χ3n) is 3.63. The molecule has 0 aliphatic carbocycles. The number of unbranched alkanes of at least 4 members (excludes halogenated alkanes) is 3. The fourth-order valence-electron chi connectivity index (χ4n) is 2.29. The molecule has 0 bridgehead atoms. The van der Waals surface area contributed by atoms with E-state index in [1.54, 1.807) is 18.5 Å². The molecular formula is C14H32F6P2. The number of hydrogen-bond acceptors (Lipinski definition) is 0. The van der Waals surface area contributed by atoms with Gasteiger partial charge >= 0.3 is 33.0 Å². The van der Waals surface area contributed by atoms with Gasteiger partial charge < -0.3 is 0 Å². The molecule has 0 spiro atoms. The summed E-state index contributed by atoms with van der Waals surface area (Å²) in [5.74, 6) is 0. The van der Waals surface area contributed by atoms with E-state index in [0.717, 1.165) is 0 Å². The first-order valence-corrected chi connectivity index (χ1v) is 12.7. The molecule has 22 heavy (non-hydrogen) atoms. The second kappa shape index (κ2) is 9.06. The van der Waals surface area contributed by atoms with Gasteiger partial charge in [-0.25, -0.2) is 0 Å². The van der Waals surface area contributed by atoms with E-state index >= 15 is 0 Å². The van der Waals surface area contributed by atoms with Crippen molar-refractivity contribution in [3.8, 4) is 0 Å². The molecule has 0 aliphatic heterocycles. The van der Waals surface area contributed by atoms with Crippen LogP contribution in [0.4, 0.5) is 25.2 Å². The summed E-state index contributed by atoms with van der Waals surface area (Å²) in [6, 6.07) is 0. The van der Waals surface area contributed by atoms with Crippen molar-refractivity contribution in [1.82, 2.24) is 0 Å². The van der Waals surface area contributed by atoms with Crippen molar-refractivity contribution in [3.63, 3.8) is 0 Å². The molecule has 0 radical (unpaired) electrons. The Kier molecular flexibility index (Phi) is 10.2. The molecule has 0 heterocycles. The Morgan fingerprint density at radius 2 is 0.818 bits per heavy atom. The van der Waals surface area contributed by atoms with E-state index in [0.29, 0.717) is 0 Å². The topological polar surface area (TPSA) is 0 Å². The average Bonchev–Trinajstić information content (AvgIpc) is 2.35. The predicted molar refractivity (Wildman–Crippen MR) is 90.4 cm³/mol. The zero-order valence-corrected chi connectivity index (χ0v) is 16.0. The molecule has 0 nitrogen and oxygen atoms in total. The van der Waals surface area contributed by atoms with Gasteiger partial charge in [0.15, 0.2) is 0 Å². The average molecular weight is 376 g/mol. The fourth-order valence-corrected chi connectivity index (χ4v) is 6.87.